The third-order valence-electron chi connectivity index (χ3n) is 8.67. The van der Waals surface area contributed by atoms with E-state index in [1.165, 1.54) is 7.11 Å². The molecule has 1 saturated heterocycles. The quantitative estimate of drug-likeness (QED) is 0.293. The normalized spacial score (nSPS) is 18.2. The molecule has 2 aromatic carbocycles. The molecule has 2 atom stereocenters. The Morgan fingerprint density at radius 1 is 1.04 bits per heavy atom. The molecule has 0 aliphatic carbocycles. The van der Waals surface area contributed by atoms with Crippen LogP contribution in [0.4, 0.5) is 0 Å². The standard InChI is InChI=1S/C36H40N6O8/c1-46-29-12-8-23-9-13-32(43)38-20-24-10-11-26(18-30(24)47-2)49-28-14-16-42(21-27(28)39-33(44)22-48-31(29)17-23)35(45)7-3-6-34-40-36(41-50-34)25-5-4-15-37-19-25/h4-5,8,10-12,15,17-19,27-28H,3,6-7,9,13-14,16,20-22H2,1-2H3,(H,38,43)(H,39,44)/t27-,28+/m1/s1. The molecule has 3 aliphatic rings. The molecule has 0 saturated carbocycles. The molecule has 0 unspecified atom stereocenters. The number of piperidine rings is 1. The number of rotatable bonds is 7. The van der Waals surface area contributed by atoms with Crippen molar-refractivity contribution in [1.82, 2.24) is 30.7 Å². The zero-order valence-corrected chi connectivity index (χ0v) is 28.1. The average Bonchev–Trinajstić information content (AvgIpc) is 3.62. The summed E-state index contributed by atoms with van der Waals surface area (Å²) in [6, 6.07) is 13.9. The summed E-state index contributed by atoms with van der Waals surface area (Å²) in [6.45, 7) is 0.701. The number of aryl methyl sites for hydroxylation is 2. The van der Waals surface area contributed by atoms with Crippen LogP contribution in [0.25, 0.3) is 11.4 Å². The van der Waals surface area contributed by atoms with Crippen LogP contribution < -0.4 is 29.6 Å². The Balaban J connectivity index is 1.15. The van der Waals surface area contributed by atoms with E-state index in [9.17, 15) is 14.4 Å². The monoisotopic (exact) mass is 684 g/mol. The van der Waals surface area contributed by atoms with Crippen LogP contribution >= 0.6 is 0 Å². The number of hydrogen-bond acceptors (Lipinski definition) is 11. The Morgan fingerprint density at radius 2 is 1.92 bits per heavy atom. The first-order chi connectivity index (χ1) is 24.4. The van der Waals surface area contributed by atoms with E-state index in [0.29, 0.717) is 66.9 Å². The minimum Gasteiger partial charge on any atom is -0.496 e. The molecule has 4 aromatic rings. The number of ether oxygens (including phenoxy) is 4. The van der Waals surface area contributed by atoms with Gasteiger partial charge in [-0.05, 0) is 54.8 Å². The van der Waals surface area contributed by atoms with Gasteiger partial charge in [0.05, 0.1) is 20.3 Å². The molecule has 14 heteroatoms. The van der Waals surface area contributed by atoms with Crippen LogP contribution in [0.5, 0.6) is 23.0 Å². The predicted octanol–water partition coefficient (Wildman–Crippen LogP) is 3.28. The van der Waals surface area contributed by atoms with Crippen LogP contribution in [-0.2, 0) is 33.8 Å². The fourth-order valence-electron chi connectivity index (χ4n) is 5.99. The maximum absolute atomic E-state index is 13.4. The zero-order valence-electron chi connectivity index (χ0n) is 28.1. The summed E-state index contributed by atoms with van der Waals surface area (Å²) in [6.07, 6.45) is 5.33. The van der Waals surface area contributed by atoms with Gasteiger partial charge < -0.3 is 39.0 Å². The number of aromatic nitrogens is 3. The first-order valence-corrected chi connectivity index (χ1v) is 16.6. The number of methoxy groups -OCH3 is 2. The van der Waals surface area contributed by atoms with E-state index >= 15 is 0 Å². The molecular weight excluding hydrogens is 644 g/mol. The highest BCUT2D eigenvalue weighted by Crippen LogP contribution is 2.30. The topological polar surface area (TPSA) is 167 Å². The highest BCUT2D eigenvalue weighted by atomic mass is 16.5. The molecule has 14 nitrogen and oxygen atoms in total. The maximum Gasteiger partial charge on any atom is 0.258 e. The minimum absolute atomic E-state index is 0.0499. The predicted molar refractivity (Wildman–Crippen MR) is 180 cm³/mol. The Kier molecular flexibility index (Phi) is 11.1. The van der Waals surface area contributed by atoms with Crippen molar-refractivity contribution in [3.63, 3.8) is 0 Å². The van der Waals surface area contributed by atoms with Crippen molar-refractivity contribution in [2.45, 2.75) is 57.2 Å². The van der Waals surface area contributed by atoms with Gasteiger partial charge in [-0.25, -0.2) is 0 Å². The Morgan fingerprint density at radius 3 is 2.74 bits per heavy atom. The summed E-state index contributed by atoms with van der Waals surface area (Å²) in [4.78, 5) is 49.6. The average molecular weight is 685 g/mol. The Bertz CT molecular complexity index is 1800. The number of hydrogen-bond donors (Lipinski definition) is 2. The molecule has 2 aromatic heterocycles. The van der Waals surface area contributed by atoms with Gasteiger partial charge in [0.1, 0.15) is 17.6 Å². The molecule has 1 fully saturated rings. The van der Waals surface area contributed by atoms with E-state index in [1.54, 1.807) is 48.7 Å². The number of benzene rings is 2. The number of nitrogens with zero attached hydrogens (tertiary/aromatic N) is 4. The summed E-state index contributed by atoms with van der Waals surface area (Å²) in [5.74, 6) is 2.32. The Labute approximate surface area is 289 Å². The molecule has 3 aliphatic heterocycles. The largest absolute Gasteiger partial charge is 0.496 e. The number of fused-ring (bicyclic) bond motifs is 9. The van der Waals surface area contributed by atoms with Crippen LogP contribution in [0, 0.1) is 0 Å². The summed E-state index contributed by atoms with van der Waals surface area (Å²) >= 11 is 0. The van der Waals surface area contributed by atoms with Crippen LogP contribution in [0.2, 0.25) is 0 Å². The molecule has 5 heterocycles. The number of carbonyl (C=O) groups excluding carboxylic acids is 3. The molecule has 50 heavy (non-hydrogen) atoms. The van der Waals surface area contributed by atoms with Gasteiger partial charge >= 0.3 is 0 Å². The lowest BCUT2D eigenvalue weighted by molar-refractivity contribution is -0.135. The second-order valence-electron chi connectivity index (χ2n) is 12.1. The van der Waals surface area contributed by atoms with Gasteiger partial charge in [-0.15, -0.1) is 0 Å². The summed E-state index contributed by atoms with van der Waals surface area (Å²) in [7, 11) is 3.08. The van der Waals surface area contributed by atoms with Gasteiger partial charge in [0.25, 0.3) is 5.91 Å². The lowest BCUT2D eigenvalue weighted by Crippen LogP contribution is -2.58. The highest BCUT2D eigenvalue weighted by molar-refractivity contribution is 5.79. The van der Waals surface area contributed by atoms with Gasteiger partial charge in [0.15, 0.2) is 18.1 Å². The van der Waals surface area contributed by atoms with Crippen molar-refractivity contribution in [1.29, 1.82) is 0 Å². The van der Waals surface area contributed by atoms with Crippen LogP contribution in [0.1, 0.15) is 42.7 Å². The number of nitrogens with one attached hydrogen (secondary N) is 2. The maximum atomic E-state index is 13.4. The van der Waals surface area contributed by atoms with Crippen molar-refractivity contribution in [2.75, 3.05) is 33.9 Å². The molecule has 0 radical (unpaired) electrons. The van der Waals surface area contributed by atoms with Crippen molar-refractivity contribution in [3.05, 3.63) is 77.9 Å². The molecule has 3 amide bonds. The molecule has 7 rings (SSSR count). The fraction of sp³-hybridized carbons (Fsp3) is 0.389. The van der Waals surface area contributed by atoms with E-state index in [-0.39, 0.29) is 50.3 Å². The summed E-state index contributed by atoms with van der Waals surface area (Å²) in [5.41, 5.74) is 2.41. The van der Waals surface area contributed by atoms with Gasteiger partial charge in [0.2, 0.25) is 23.5 Å². The van der Waals surface area contributed by atoms with E-state index in [2.05, 4.69) is 25.8 Å². The summed E-state index contributed by atoms with van der Waals surface area (Å²) < 4.78 is 28.8. The zero-order chi connectivity index (χ0) is 34.9. The second kappa shape index (κ2) is 16.2. The summed E-state index contributed by atoms with van der Waals surface area (Å²) in [5, 5.41) is 10.0. The second-order valence-corrected chi connectivity index (χ2v) is 12.1. The first-order valence-electron chi connectivity index (χ1n) is 16.6. The van der Waals surface area contributed by atoms with Gasteiger partial charge in [0, 0.05) is 74.9 Å². The lowest BCUT2D eigenvalue weighted by atomic mass is 10.0. The molecular formula is C36H40N6O8. The smallest absolute Gasteiger partial charge is 0.258 e. The molecule has 262 valence electrons. The van der Waals surface area contributed by atoms with E-state index in [0.717, 1.165) is 16.7 Å². The van der Waals surface area contributed by atoms with E-state index in [4.69, 9.17) is 23.5 Å². The molecule has 2 N–H and O–H groups in total. The third kappa shape index (κ3) is 8.67. The molecule has 4 bridgehead atoms. The Hall–Kier alpha value is -5.66. The number of likely N-dealkylation sites (tertiary alicyclic amines) is 1. The van der Waals surface area contributed by atoms with Gasteiger partial charge in [-0.2, -0.15) is 4.98 Å². The van der Waals surface area contributed by atoms with Crippen molar-refractivity contribution >= 4 is 17.7 Å². The van der Waals surface area contributed by atoms with E-state index < -0.39 is 12.1 Å². The van der Waals surface area contributed by atoms with Crippen LogP contribution in [0.3, 0.4) is 0 Å². The lowest BCUT2D eigenvalue weighted by Gasteiger charge is -2.39. The first kappa shape index (κ1) is 34.2. The van der Waals surface area contributed by atoms with Crippen LogP contribution in [-0.4, -0.2) is 83.8 Å². The van der Waals surface area contributed by atoms with Gasteiger partial charge in [-0.3, -0.25) is 19.4 Å². The third-order valence-corrected chi connectivity index (χ3v) is 8.67. The number of pyridine rings is 1. The van der Waals surface area contributed by atoms with E-state index in [1.807, 2.05) is 24.3 Å². The van der Waals surface area contributed by atoms with Crippen molar-refractivity contribution < 1.29 is 37.9 Å². The van der Waals surface area contributed by atoms with Crippen LogP contribution in [0.15, 0.2) is 65.4 Å². The SMILES string of the molecule is COc1cc2ccc1CNC(=O)CCc1ccc(OC)c(c1)OCC(=O)N[C@@H]1CN(C(=O)CCCc3nc(-c4cccnc4)no3)CC[C@@H]1O2. The van der Waals surface area contributed by atoms with Crippen molar-refractivity contribution in [3.8, 4) is 34.4 Å². The highest BCUT2D eigenvalue weighted by Gasteiger charge is 2.34. The fourth-order valence-corrected chi connectivity index (χ4v) is 5.99. The number of carbonyl (C=O) groups is 3. The molecule has 0 spiro atoms. The van der Waals surface area contributed by atoms with Crippen molar-refractivity contribution in [2.24, 2.45) is 0 Å². The number of amides is 3. The van der Waals surface area contributed by atoms with Gasteiger partial charge in [-0.1, -0.05) is 11.2 Å². The minimum atomic E-state index is -0.526.